The van der Waals surface area contributed by atoms with Gasteiger partial charge in [0.05, 0.1) is 22.4 Å². The Kier molecular flexibility index (Phi) is 7.43. The number of aliphatic hydroxyl groups is 1. The van der Waals surface area contributed by atoms with Crippen LogP contribution in [-0.2, 0) is 24.6 Å². The number of H-pyrrole nitrogens is 1. The molecule has 2 atom stereocenters. The number of nitrogens with zero attached hydrogens (tertiary/aromatic N) is 1. The maximum Gasteiger partial charge on any atom is 0.245 e. The molecule has 1 aromatic heterocycles. The Balaban J connectivity index is 0.972. The molecule has 0 bridgehead atoms. The number of sulfonamides is 1. The number of ether oxygens (including phenoxy) is 2. The number of aromatic nitrogens is 1. The van der Waals surface area contributed by atoms with E-state index in [4.69, 9.17) is 9.47 Å². The van der Waals surface area contributed by atoms with Crippen molar-refractivity contribution in [3.8, 4) is 5.75 Å². The Morgan fingerprint density at radius 2 is 1.88 bits per heavy atom. The molecule has 216 valence electrons. The summed E-state index contributed by atoms with van der Waals surface area (Å²) in [7, 11) is -6.92. The van der Waals surface area contributed by atoms with Gasteiger partial charge in [0.1, 0.15) is 23.4 Å². The van der Waals surface area contributed by atoms with Gasteiger partial charge in [0, 0.05) is 42.8 Å². The van der Waals surface area contributed by atoms with Gasteiger partial charge in [-0.15, -0.1) is 0 Å². The predicted molar refractivity (Wildman–Crippen MR) is 150 cm³/mol. The standard InChI is InChI=1S/C28H35N3O7S2/c32-21(19-37-22-4-3-5-24(14-22)39(33,34)23-8-9-23)16-29-20-15-28(38-18-20)10-12-31(13-11-28)40(35,36)27-17-30-26-7-2-1-6-25(26)27/h1-7,14,17,20-21,23,29-30,32H,8-13,15-16,18-19H2/t20-,21?/m1/s1. The van der Waals surface area contributed by atoms with Crippen LogP contribution in [0.1, 0.15) is 32.1 Å². The second kappa shape index (κ2) is 10.7. The Morgan fingerprint density at radius 1 is 1.10 bits per heavy atom. The maximum absolute atomic E-state index is 13.4. The number of aromatic amines is 1. The average molecular weight is 590 g/mol. The lowest BCUT2D eigenvalue weighted by molar-refractivity contribution is -0.0312. The van der Waals surface area contributed by atoms with Crippen molar-refractivity contribution in [3.05, 3.63) is 54.7 Å². The van der Waals surface area contributed by atoms with Crippen molar-refractivity contribution in [2.24, 2.45) is 0 Å². The molecule has 12 heteroatoms. The molecule has 0 radical (unpaired) electrons. The number of rotatable bonds is 10. The highest BCUT2D eigenvalue weighted by atomic mass is 32.2. The summed E-state index contributed by atoms with van der Waals surface area (Å²) in [5, 5.41) is 14.2. The molecule has 1 spiro atoms. The summed E-state index contributed by atoms with van der Waals surface area (Å²) in [5.74, 6) is 0.415. The fourth-order valence-electron chi connectivity index (χ4n) is 5.72. The number of nitrogens with one attached hydrogen (secondary N) is 2. The van der Waals surface area contributed by atoms with Crippen LogP contribution in [0, 0.1) is 0 Å². The molecule has 3 N–H and O–H groups in total. The molecule has 6 rings (SSSR count). The first-order valence-corrected chi connectivity index (χ1v) is 16.7. The van der Waals surface area contributed by atoms with E-state index in [-0.39, 0.29) is 28.4 Å². The third-order valence-corrected chi connectivity index (χ3v) is 12.4. The van der Waals surface area contributed by atoms with Crippen LogP contribution in [0.15, 0.2) is 64.5 Å². The van der Waals surface area contributed by atoms with Gasteiger partial charge in [-0.3, -0.25) is 0 Å². The van der Waals surface area contributed by atoms with Gasteiger partial charge < -0.3 is 24.9 Å². The van der Waals surface area contributed by atoms with Crippen molar-refractivity contribution in [2.75, 3.05) is 32.8 Å². The molecule has 1 aliphatic carbocycles. The zero-order valence-electron chi connectivity index (χ0n) is 22.2. The molecular formula is C28H35N3O7S2. The quantitative estimate of drug-likeness (QED) is 0.328. The molecule has 3 fully saturated rings. The molecule has 10 nitrogen and oxygen atoms in total. The number of para-hydroxylation sites is 1. The van der Waals surface area contributed by atoms with Gasteiger partial charge in [-0.1, -0.05) is 24.3 Å². The molecule has 0 amide bonds. The van der Waals surface area contributed by atoms with E-state index >= 15 is 0 Å². The van der Waals surface area contributed by atoms with Crippen molar-refractivity contribution in [1.29, 1.82) is 0 Å². The molecule has 3 aromatic rings. The van der Waals surface area contributed by atoms with Crippen molar-refractivity contribution < 1.29 is 31.4 Å². The normalized spacial score (nSPS) is 22.6. The zero-order valence-corrected chi connectivity index (χ0v) is 23.8. The van der Waals surface area contributed by atoms with Crippen LogP contribution in [0.5, 0.6) is 5.75 Å². The topological polar surface area (TPSA) is 138 Å². The number of benzene rings is 2. The summed E-state index contributed by atoms with van der Waals surface area (Å²) in [6.45, 7) is 1.59. The Morgan fingerprint density at radius 3 is 2.65 bits per heavy atom. The highest BCUT2D eigenvalue weighted by Crippen LogP contribution is 2.38. The van der Waals surface area contributed by atoms with E-state index in [2.05, 4.69) is 10.3 Å². The number of aliphatic hydroxyl groups excluding tert-OH is 1. The lowest BCUT2D eigenvalue weighted by atomic mass is 9.88. The van der Waals surface area contributed by atoms with E-state index in [1.54, 1.807) is 28.7 Å². The number of hydrogen-bond acceptors (Lipinski definition) is 8. The van der Waals surface area contributed by atoms with Crippen molar-refractivity contribution in [2.45, 2.75) is 64.9 Å². The van der Waals surface area contributed by atoms with Gasteiger partial charge in [-0.05, 0) is 56.4 Å². The van der Waals surface area contributed by atoms with Gasteiger partial charge in [0.25, 0.3) is 0 Å². The maximum atomic E-state index is 13.4. The Bertz CT molecular complexity index is 1580. The van der Waals surface area contributed by atoms with E-state index in [0.29, 0.717) is 68.0 Å². The fraction of sp³-hybridized carbons (Fsp3) is 0.500. The Hall–Kier alpha value is -2.48. The molecule has 1 unspecified atom stereocenters. The monoisotopic (exact) mass is 589 g/mol. The molecule has 2 aliphatic heterocycles. The van der Waals surface area contributed by atoms with Gasteiger partial charge in [-0.25, -0.2) is 16.8 Å². The summed E-state index contributed by atoms with van der Waals surface area (Å²) in [6, 6.07) is 13.9. The SMILES string of the molecule is O=S(=O)(c1cccc(OCC(O)CN[C@H]2COC3(CCN(S(=O)(=O)c4c[nH]c5ccccc45)CC3)C2)c1)C1CC1. The predicted octanol–water partition coefficient (Wildman–Crippen LogP) is 2.45. The largest absolute Gasteiger partial charge is 0.491 e. The van der Waals surface area contributed by atoms with Crippen LogP contribution >= 0.6 is 0 Å². The molecule has 2 saturated heterocycles. The summed E-state index contributed by atoms with van der Waals surface area (Å²) >= 11 is 0. The number of piperidine rings is 1. The number of fused-ring (bicyclic) bond motifs is 1. The minimum absolute atomic E-state index is 0.0271. The summed E-state index contributed by atoms with van der Waals surface area (Å²) in [6.07, 6.45) is 4.14. The lowest BCUT2D eigenvalue weighted by Crippen LogP contribution is -2.47. The van der Waals surface area contributed by atoms with Gasteiger partial charge in [0.15, 0.2) is 9.84 Å². The minimum Gasteiger partial charge on any atom is -0.491 e. The Labute approximate surface area is 234 Å². The highest BCUT2D eigenvalue weighted by molar-refractivity contribution is 7.92. The van der Waals surface area contributed by atoms with Crippen LogP contribution < -0.4 is 10.1 Å². The van der Waals surface area contributed by atoms with Crippen molar-refractivity contribution in [3.63, 3.8) is 0 Å². The van der Waals surface area contributed by atoms with E-state index in [1.807, 2.05) is 24.3 Å². The van der Waals surface area contributed by atoms with E-state index in [9.17, 15) is 21.9 Å². The summed E-state index contributed by atoms with van der Waals surface area (Å²) in [5.41, 5.74) is 0.420. The third kappa shape index (κ3) is 5.53. The van der Waals surface area contributed by atoms with Crippen molar-refractivity contribution in [1.82, 2.24) is 14.6 Å². The molecule has 3 heterocycles. The fourth-order valence-corrected chi connectivity index (χ4v) is 9.02. The van der Waals surface area contributed by atoms with Crippen LogP contribution in [0.3, 0.4) is 0 Å². The second-order valence-electron chi connectivity index (χ2n) is 11.1. The number of sulfone groups is 1. The molecule has 40 heavy (non-hydrogen) atoms. The third-order valence-electron chi connectivity index (χ3n) is 8.19. The van der Waals surface area contributed by atoms with Crippen molar-refractivity contribution >= 4 is 30.8 Å². The zero-order chi connectivity index (χ0) is 28.0. The van der Waals surface area contributed by atoms with Gasteiger partial charge in [-0.2, -0.15) is 4.31 Å². The smallest absolute Gasteiger partial charge is 0.245 e. The first-order chi connectivity index (χ1) is 19.2. The minimum atomic E-state index is -3.62. The second-order valence-corrected chi connectivity index (χ2v) is 15.2. The molecular weight excluding hydrogens is 554 g/mol. The summed E-state index contributed by atoms with van der Waals surface area (Å²) < 4.78 is 65.1. The molecule has 2 aromatic carbocycles. The van der Waals surface area contributed by atoms with Crippen LogP contribution in [-0.4, -0.2) is 87.1 Å². The highest BCUT2D eigenvalue weighted by Gasteiger charge is 2.45. The number of hydrogen-bond donors (Lipinski definition) is 3. The summed E-state index contributed by atoms with van der Waals surface area (Å²) in [4.78, 5) is 3.61. The van der Waals surface area contributed by atoms with Crippen LogP contribution in [0.2, 0.25) is 0 Å². The van der Waals surface area contributed by atoms with Crippen LogP contribution in [0.25, 0.3) is 10.9 Å². The lowest BCUT2D eigenvalue weighted by Gasteiger charge is -2.38. The molecule has 3 aliphatic rings. The molecule has 1 saturated carbocycles. The van der Waals surface area contributed by atoms with E-state index in [1.165, 1.54) is 6.07 Å². The first kappa shape index (κ1) is 27.7. The van der Waals surface area contributed by atoms with E-state index < -0.39 is 26.0 Å². The van der Waals surface area contributed by atoms with Gasteiger partial charge >= 0.3 is 0 Å². The average Bonchev–Trinajstić information content (AvgIpc) is 3.62. The van der Waals surface area contributed by atoms with Crippen LogP contribution in [0.4, 0.5) is 0 Å². The van der Waals surface area contributed by atoms with Gasteiger partial charge in [0.2, 0.25) is 10.0 Å². The van der Waals surface area contributed by atoms with E-state index in [0.717, 1.165) is 11.9 Å². The first-order valence-electron chi connectivity index (χ1n) is 13.7.